The number of imidazole rings is 1. The summed E-state index contributed by atoms with van der Waals surface area (Å²) in [6.45, 7) is 2.56. The molecule has 0 fully saturated rings. The van der Waals surface area contributed by atoms with Crippen LogP contribution in [0.25, 0.3) is 33.7 Å². The van der Waals surface area contributed by atoms with Gasteiger partial charge in [-0.25, -0.2) is 14.3 Å². The monoisotopic (exact) mass is 518 g/mol. The number of hydrogen-bond donors (Lipinski definition) is 1. The predicted octanol–water partition coefficient (Wildman–Crippen LogP) is 3.91. The van der Waals surface area contributed by atoms with Crippen molar-refractivity contribution < 1.29 is 0 Å². The van der Waals surface area contributed by atoms with E-state index in [1.807, 2.05) is 59.2 Å². The van der Waals surface area contributed by atoms with E-state index in [0.717, 1.165) is 41.0 Å². The fourth-order valence-corrected chi connectivity index (χ4v) is 4.83. The van der Waals surface area contributed by atoms with Gasteiger partial charge in [0.1, 0.15) is 12.2 Å². The highest BCUT2D eigenvalue weighted by molar-refractivity contribution is 5.73. The molecular formula is C29H26N8O2. The molecule has 6 aromatic rings. The zero-order chi connectivity index (χ0) is 26.8. The number of fused-ring (bicyclic) bond motifs is 1. The van der Waals surface area contributed by atoms with Crippen molar-refractivity contribution in [1.82, 2.24) is 39.3 Å². The zero-order valence-corrected chi connectivity index (χ0v) is 21.4. The second-order valence-electron chi connectivity index (χ2n) is 9.29. The number of para-hydroxylation sites is 2. The van der Waals surface area contributed by atoms with E-state index in [2.05, 4.69) is 32.4 Å². The molecule has 0 atom stereocenters. The average molecular weight is 519 g/mol. The van der Waals surface area contributed by atoms with Crippen molar-refractivity contribution >= 4 is 11.2 Å². The summed E-state index contributed by atoms with van der Waals surface area (Å²) < 4.78 is 4.75. The lowest BCUT2D eigenvalue weighted by Crippen LogP contribution is -2.34. The number of unbranched alkanes of at least 4 members (excludes halogenated alkanes) is 1. The van der Waals surface area contributed by atoms with Crippen LogP contribution in [0.15, 0.2) is 94.8 Å². The molecule has 39 heavy (non-hydrogen) atoms. The van der Waals surface area contributed by atoms with Crippen LogP contribution in [-0.2, 0) is 13.0 Å². The number of nitrogens with one attached hydrogen (secondary N) is 1. The van der Waals surface area contributed by atoms with Gasteiger partial charge in [-0.05, 0) is 46.2 Å². The third-order valence-electron chi connectivity index (χ3n) is 6.75. The van der Waals surface area contributed by atoms with Crippen LogP contribution in [0.5, 0.6) is 0 Å². The van der Waals surface area contributed by atoms with Gasteiger partial charge < -0.3 is 4.57 Å². The third-order valence-corrected chi connectivity index (χ3v) is 6.75. The Morgan fingerprint density at radius 1 is 0.897 bits per heavy atom. The normalized spacial score (nSPS) is 11.3. The lowest BCUT2D eigenvalue weighted by atomic mass is 10.0. The molecule has 0 aliphatic carbocycles. The van der Waals surface area contributed by atoms with Crippen LogP contribution in [0.4, 0.5) is 0 Å². The van der Waals surface area contributed by atoms with Crippen LogP contribution in [0.3, 0.4) is 0 Å². The van der Waals surface area contributed by atoms with Crippen LogP contribution in [0.2, 0.25) is 0 Å². The van der Waals surface area contributed by atoms with Gasteiger partial charge in [-0.15, -0.1) is 5.10 Å². The van der Waals surface area contributed by atoms with Gasteiger partial charge in [-0.2, -0.15) is 4.68 Å². The molecule has 10 nitrogen and oxygen atoms in total. The number of nitrogens with zero attached hydrogens (tertiary/aromatic N) is 7. The van der Waals surface area contributed by atoms with Crippen molar-refractivity contribution in [3.8, 4) is 22.5 Å². The highest BCUT2D eigenvalue weighted by atomic mass is 16.2. The Balaban J connectivity index is 1.42. The molecule has 1 N–H and O–H groups in total. The topological polar surface area (TPSA) is 116 Å². The molecule has 3 heterocycles. The smallest absolute Gasteiger partial charge is 0.318 e. The van der Waals surface area contributed by atoms with E-state index in [4.69, 9.17) is 0 Å². The van der Waals surface area contributed by atoms with Crippen molar-refractivity contribution in [2.45, 2.75) is 32.7 Å². The number of tetrazole rings is 1. The van der Waals surface area contributed by atoms with Crippen LogP contribution < -0.4 is 11.2 Å². The molecule has 0 bridgehead atoms. The molecule has 3 aromatic carbocycles. The maximum absolute atomic E-state index is 13.7. The van der Waals surface area contributed by atoms with E-state index < -0.39 is 5.69 Å². The molecule has 0 unspecified atom stereocenters. The Hall–Kier alpha value is -5.12. The van der Waals surface area contributed by atoms with Crippen molar-refractivity contribution in [2.24, 2.45) is 0 Å². The summed E-state index contributed by atoms with van der Waals surface area (Å²) >= 11 is 0. The minimum atomic E-state index is -0.504. The van der Waals surface area contributed by atoms with Gasteiger partial charge in [-0.3, -0.25) is 9.78 Å². The number of aromatic nitrogens is 8. The molecule has 6 rings (SSSR count). The van der Waals surface area contributed by atoms with Crippen LogP contribution >= 0.6 is 0 Å². The van der Waals surface area contributed by atoms with Gasteiger partial charge >= 0.3 is 5.69 Å². The Kier molecular flexibility index (Phi) is 6.42. The second kappa shape index (κ2) is 10.3. The quantitative estimate of drug-likeness (QED) is 0.327. The molecule has 0 spiro atoms. The summed E-state index contributed by atoms with van der Waals surface area (Å²) in [5, 5.41) is 11.5. The SMILES string of the molecule is CCCCc1nc2[nH]c(=O)n(-c3ccccc3)c(=O)c2n1Cc1ccc(-c2ccccc2-n2cnnn2)cc1. The Morgan fingerprint density at radius 3 is 2.41 bits per heavy atom. The van der Waals surface area contributed by atoms with E-state index >= 15 is 0 Å². The van der Waals surface area contributed by atoms with Gasteiger partial charge in [-0.1, -0.05) is 74.0 Å². The number of aromatic amines is 1. The van der Waals surface area contributed by atoms with Crippen molar-refractivity contribution in [3.05, 3.63) is 117 Å². The zero-order valence-electron chi connectivity index (χ0n) is 21.4. The standard InChI is InChI=1S/C29H26N8O2/c1-2-3-13-25-31-27-26(28(38)37(29(39)32-27)22-9-5-4-6-10-22)35(25)18-20-14-16-21(17-15-20)23-11-7-8-12-24(23)36-19-30-33-34-36/h4-12,14-17,19H,2-3,13,18H2,1H3,(H,32,39). The summed E-state index contributed by atoms with van der Waals surface area (Å²) in [4.78, 5) is 34.1. The molecule has 3 aromatic heterocycles. The minimum Gasteiger partial charge on any atom is -0.318 e. The highest BCUT2D eigenvalue weighted by Gasteiger charge is 2.19. The van der Waals surface area contributed by atoms with Crippen molar-refractivity contribution in [1.29, 1.82) is 0 Å². The molecule has 0 radical (unpaired) electrons. The molecule has 0 saturated heterocycles. The first kappa shape index (κ1) is 24.2. The summed E-state index contributed by atoms with van der Waals surface area (Å²) in [6, 6.07) is 25.0. The summed E-state index contributed by atoms with van der Waals surface area (Å²) in [6.07, 6.45) is 4.19. The second-order valence-corrected chi connectivity index (χ2v) is 9.29. The van der Waals surface area contributed by atoms with E-state index in [-0.39, 0.29) is 5.56 Å². The number of rotatable bonds is 8. The Labute approximate surface area is 223 Å². The van der Waals surface area contributed by atoms with Gasteiger partial charge in [0.25, 0.3) is 5.56 Å². The van der Waals surface area contributed by atoms with Gasteiger partial charge in [0, 0.05) is 18.5 Å². The van der Waals surface area contributed by atoms with E-state index in [0.29, 0.717) is 29.8 Å². The third kappa shape index (κ3) is 4.56. The fourth-order valence-electron chi connectivity index (χ4n) is 4.83. The summed E-state index contributed by atoms with van der Waals surface area (Å²) in [5.41, 5.74) is 4.22. The lowest BCUT2D eigenvalue weighted by Gasteiger charge is -2.12. The largest absolute Gasteiger partial charge is 0.334 e. The summed E-state index contributed by atoms with van der Waals surface area (Å²) in [7, 11) is 0. The van der Waals surface area contributed by atoms with Crippen LogP contribution in [0, 0.1) is 0 Å². The number of hydrogen-bond acceptors (Lipinski definition) is 6. The van der Waals surface area contributed by atoms with E-state index in [1.165, 1.54) is 4.57 Å². The molecule has 194 valence electrons. The highest BCUT2D eigenvalue weighted by Crippen LogP contribution is 2.27. The molecule has 0 saturated carbocycles. The van der Waals surface area contributed by atoms with Gasteiger partial charge in [0.2, 0.25) is 0 Å². The van der Waals surface area contributed by atoms with Crippen molar-refractivity contribution in [3.63, 3.8) is 0 Å². The predicted molar refractivity (Wildman–Crippen MR) is 148 cm³/mol. The molecule has 0 amide bonds. The number of benzene rings is 3. The van der Waals surface area contributed by atoms with E-state index in [9.17, 15) is 9.59 Å². The fraction of sp³-hybridized carbons (Fsp3) is 0.172. The summed E-state index contributed by atoms with van der Waals surface area (Å²) in [5.74, 6) is 0.776. The molecule has 0 aliphatic heterocycles. The van der Waals surface area contributed by atoms with Crippen LogP contribution in [-0.4, -0.2) is 39.3 Å². The average Bonchev–Trinajstić information content (AvgIpc) is 3.62. The van der Waals surface area contributed by atoms with E-state index in [1.54, 1.807) is 35.3 Å². The van der Waals surface area contributed by atoms with Gasteiger partial charge in [0.05, 0.1) is 11.4 Å². The minimum absolute atomic E-state index is 0.315. The Morgan fingerprint density at radius 2 is 1.67 bits per heavy atom. The Bertz CT molecular complexity index is 1850. The maximum atomic E-state index is 13.7. The lowest BCUT2D eigenvalue weighted by molar-refractivity contribution is 0.687. The first-order valence-corrected chi connectivity index (χ1v) is 12.9. The van der Waals surface area contributed by atoms with Gasteiger partial charge in [0.15, 0.2) is 11.2 Å². The molecule has 0 aliphatic rings. The first-order chi connectivity index (χ1) is 19.1. The molecule has 10 heteroatoms. The first-order valence-electron chi connectivity index (χ1n) is 12.9. The van der Waals surface area contributed by atoms with Crippen LogP contribution in [0.1, 0.15) is 31.2 Å². The number of aryl methyl sites for hydroxylation is 1. The molecular weight excluding hydrogens is 492 g/mol. The maximum Gasteiger partial charge on any atom is 0.334 e. The number of H-pyrrole nitrogens is 1. The van der Waals surface area contributed by atoms with Crippen molar-refractivity contribution in [2.75, 3.05) is 0 Å².